The van der Waals surface area contributed by atoms with Crippen LogP contribution < -0.4 is 0 Å². The second kappa shape index (κ2) is 4.79. The Morgan fingerprint density at radius 3 is 2.75 bits per heavy atom. The lowest BCUT2D eigenvalue weighted by atomic mass is 9.89. The molecule has 0 aliphatic heterocycles. The Labute approximate surface area is 117 Å². The minimum atomic E-state index is -0.274. The van der Waals surface area contributed by atoms with Gasteiger partial charge in [-0.3, -0.25) is 0 Å². The molecular weight excluding hydrogens is 251 g/mol. The maximum absolute atomic E-state index is 14.5. The summed E-state index contributed by atoms with van der Waals surface area (Å²) in [6.07, 6.45) is 6.36. The number of aryl methyl sites for hydroxylation is 2. The normalized spacial score (nSPS) is 15.2. The molecule has 2 aromatic rings. The maximum Gasteiger partial charge on any atom is 0.132 e. The van der Waals surface area contributed by atoms with Crippen LogP contribution in [0.5, 0.6) is 0 Å². The highest BCUT2D eigenvalue weighted by Crippen LogP contribution is 2.37. The number of aromatic amines is 1. The van der Waals surface area contributed by atoms with E-state index >= 15 is 0 Å². The predicted molar refractivity (Wildman–Crippen MR) is 78.9 cm³/mol. The lowest BCUT2D eigenvalue weighted by Crippen LogP contribution is -1.98. The van der Waals surface area contributed by atoms with Crippen LogP contribution in [0.25, 0.3) is 16.5 Å². The molecule has 0 atom stereocenters. The van der Waals surface area contributed by atoms with Gasteiger partial charge in [0, 0.05) is 16.6 Å². The van der Waals surface area contributed by atoms with E-state index in [-0.39, 0.29) is 5.82 Å². The van der Waals surface area contributed by atoms with Crippen molar-refractivity contribution in [2.45, 2.75) is 39.5 Å². The first-order valence-corrected chi connectivity index (χ1v) is 7.04. The van der Waals surface area contributed by atoms with Crippen molar-refractivity contribution in [2.24, 2.45) is 0 Å². The molecule has 1 aliphatic carbocycles. The highest BCUT2D eigenvalue weighted by molar-refractivity contribution is 5.98. The fraction of sp³-hybridized carbons (Fsp3) is 0.353. The molecule has 0 amide bonds. The van der Waals surface area contributed by atoms with Crippen molar-refractivity contribution >= 4 is 16.5 Å². The van der Waals surface area contributed by atoms with E-state index in [0.29, 0.717) is 11.1 Å². The molecule has 0 spiro atoms. The first-order valence-electron chi connectivity index (χ1n) is 7.04. The number of hydrogen-bond acceptors (Lipinski definition) is 1. The fourth-order valence-corrected chi connectivity index (χ4v) is 3.09. The average molecular weight is 268 g/mol. The largest absolute Gasteiger partial charge is 0.357 e. The van der Waals surface area contributed by atoms with Crippen molar-refractivity contribution in [1.29, 1.82) is 5.26 Å². The van der Waals surface area contributed by atoms with E-state index in [2.05, 4.69) is 17.1 Å². The smallest absolute Gasteiger partial charge is 0.132 e. The molecule has 20 heavy (non-hydrogen) atoms. The summed E-state index contributed by atoms with van der Waals surface area (Å²) in [5, 5.41) is 10.1. The molecule has 3 rings (SSSR count). The van der Waals surface area contributed by atoms with Gasteiger partial charge in [0.05, 0.1) is 11.1 Å². The highest BCUT2D eigenvalue weighted by atomic mass is 19.1. The number of aromatic nitrogens is 1. The molecule has 2 nitrogen and oxygen atoms in total. The van der Waals surface area contributed by atoms with Gasteiger partial charge >= 0.3 is 0 Å². The van der Waals surface area contributed by atoms with Crippen molar-refractivity contribution in [1.82, 2.24) is 4.98 Å². The number of nitriles is 1. The van der Waals surface area contributed by atoms with Crippen LogP contribution in [0.3, 0.4) is 0 Å². The van der Waals surface area contributed by atoms with E-state index < -0.39 is 0 Å². The van der Waals surface area contributed by atoms with Gasteiger partial charge in [0.15, 0.2) is 0 Å². The molecule has 0 saturated heterocycles. The molecule has 0 fully saturated rings. The van der Waals surface area contributed by atoms with E-state index in [9.17, 15) is 9.65 Å². The molecule has 0 bridgehead atoms. The van der Waals surface area contributed by atoms with E-state index in [4.69, 9.17) is 0 Å². The van der Waals surface area contributed by atoms with Crippen LogP contribution in [0.2, 0.25) is 0 Å². The lowest BCUT2D eigenvalue weighted by Gasteiger charge is -2.15. The number of fused-ring (bicyclic) bond motifs is 1. The van der Waals surface area contributed by atoms with Gasteiger partial charge in [-0.15, -0.1) is 0 Å². The molecule has 1 aliphatic rings. The van der Waals surface area contributed by atoms with Gasteiger partial charge in [0.1, 0.15) is 11.9 Å². The van der Waals surface area contributed by atoms with Gasteiger partial charge in [0.2, 0.25) is 0 Å². The monoisotopic (exact) mass is 268 g/mol. The number of nitrogens with one attached hydrogen (secondary N) is 1. The third-order valence-electron chi connectivity index (χ3n) is 4.26. The van der Waals surface area contributed by atoms with Crippen LogP contribution in [0.15, 0.2) is 12.1 Å². The first-order chi connectivity index (χ1) is 9.63. The van der Waals surface area contributed by atoms with Gasteiger partial charge in [0.25, 0.3) is 0 Å². The Bertz CT molecular complexity index is 760. The Morgan fingerprint density at radius 1 is 1.30 bits per heavy atom. The Kier molecular flexibility index (Phi) is 3.10. The zero-order valence-corrected chi connectivity index (χ0v) is 11.8. The molecule has 1 heterocycles. The van der Waals surface area contributed by atoms with Crippen molar-refractivity contribution < 1.29 is 4.39 Å². The topological polar surface area (TPSA) is 39.6 Å². The van der Waals surface area contributed by atoms with Gasteiger partial charge < -0.3 is 4.98 Å². The third kappa shape index (κ3) is 1.84. The van der Waals surface area contributed by atoms with Gasteiger partial charge in [-0.05, 0) is 56.7 Å². The minimum Gasteiger partial charge on any atom is -0.357 e. The van der Waals surface area contributed by atoms with Crippen LogP contribution in [0.4, 0.5) is 4.39 Å². The Balaban J connectivity index is 2.40. The average Bonchev–Trinajstić information content (AvgIpc) is 2.75. The van der Waals surface area contributed by atoms with Gasteiger partial charge in [-0.25, -0.2) is 4.39 Å². The standard InChI is InChI=1S/C17H17FN2/c1-10-11(2)20-17-13(9-19)8-14(18)16(15(10)17)12-6-4-3-5-7-12/h6,8,20H,3-5,7H2,1-2H3. The Morgan fingerprint density at radius 2 is 2.10 bits per heavy atom. The number of nitrogens with zero attached hydrogens (tertiary/aromatic N) is 1. The molecule has 3 heteroatoms. The second-order valence-electron chi connectivity index (χ2n) is 5.49. The van der Waals surface area contributed by atoms with Crippen LogP contribution in [0.1, 0.15) is 48.1 Å². The van der Waals surface area contributed by atoms with E-state index in [1.807, 2.05) is 13.8 Å². The number of allylic oxidation sites excluding steroid dienone is 2. The zero-order chi connectivity index (χ0) is 14.3. The second-order valence-corrected chi connectivity index (χ2v) is 5.49. The molecule has 0 unspecified atom stereocenters. The number of H-pyrrole nitrogens is 1. The zero-order valence-electron chi connectivity index (χ0n) is 11.8. The summed E-state index contributed by atoms with van der Waals surface area (Å²) >= 11 is 0. The van der Waals surface area contributed by atoms with Crippen LogP contribution in [-0.4, -0.2) is 4.98 Å². The summed E-state index contributed by atoms with van der Waals surface area (Å²) in [4.78, 5) is 3.24. The predicted octanol–water partition coefficient (Wildman–Crippen LogP) is 4.75. The van der Waals surface area contributed by atoms with Crippen molar-refractivity contribution in [3.8, 4) is 6.07 Å². The number of benzene rings is 1. The van der Waals surface area contributed by atoms with Gasteiger partial charge in [-0.2, -0.15) is 5.26 Å². The third-order valence-corrected chi connectivity index (χ3v) is 4.26. The van der Waals surface area contributed by atoms with E-state index in [1.165, 1.54) is 12.5 Å². The SMILES string of the molecule is Cc1[nH]c2c(C#N)cc(F)c(C3=CCCCC3)c2c1C. The lowest BCUT2D eigenvalue weighted by molar-refractivity contribution is 0.622. The molecule has 1 aromatic carbocycles. The summed E-state index contributed by atoms with van der Waals surface area (Å²) in [6, 6.07) is 3.45. The number of hydrogen-bond donors (Lipinski definition) is 1. The fourth-order valence-electron chi connectivity index (χ4n) is 3.09. The quantitative estimate of drug-likeness (QED) is 0.796. The molecule has 1 N–H and O–H groups in total. The molecular formula is C17H17FN2. The summed E-state index contributed by atoms with van der Waals surface area (Å²) in [5.74, 6) is -0.274. The first kappa shape index (κ1) is 12.9. The summed E-state index contributed by atoms with van der Waals surface area (Å²) in [5.41, 5.74) is 4.97. The number of halogens is 1. The van der Waals surface area contributed by atoms with E-state index in [0.717, 1.165) is 47.0 Å². The highest BCUT2D eigenvalue weighted by Gasteiger charge is 2.20. The minimum absolute atomic E-state index is 0.274. The number of rotatable bonds is 1. The molecule has 0 saturated carbocycles. The van der Waals surface area contributed by atoms with Crippen LogP contribution >= 0.6 is 0 Å². The Hall–Kier alpha value is -2.08. The summed E-state index contributed by atoms with van der Waals surface area (Å²) in [6.45, 7) is 3.95. The van der Waals surface area contributed by atoms with Crippen LogP contribution in [-0.2, 0) is 0 Å². The molecule has 102 valence electrons. The molecule has 0 radical (unpaired) electrons. The summed E-state index contributed by atoms with van der Waals surface area (Å²) < 4.78 is 14.5. The maximum atomic E-state index is 14.5. The van der Waals surface area contributed by atoms with Crippen molar-refractivity contribution in [2.75, 3.05) is 0 Å². The summed E-state index contributed by atoms with van der Waals surface area (Å²) in [7, 11) is 0. The molecule has 1 aromatic heterocycles. The van der Waals surface area contributed by atoms with Crippen molar-refractivity contribution in [3.05, 3.63) is 40.3 Å². The van der Waals surface area contributed by atoms with E-state index in [1.54, 1.807) is 0 Å². The van der Waals surface area contributed by atoms with Crippen molar-refractivity contribution in [3.63, 3.8) is 0 Å². The van der Waals surface area contributed by atoms with Crippen LogP contribution in [0, 0.1) is 31.0 Å². The van der Waals surface area contributed by atoms with Gasteiger partial charge in [-0.1, -0.05) is 6.08 Å².